The largest absolute Gasteiger partial charge is 0.481 e. The van der Waals surface area contributed by atoms with Crippen molar-refractivity contribution in [1.82, 2.24) is 0 Å². The SMILES string of the molecule is O=C(O)CCC1=CC=C/C(=N/c2ccccc2CCC(=O)O)C1. The number of aryl methyl sites for hydroxylation is 1. The quantitative estimate of drug-likeness (QED) is 0.806. The Hall–Kier alpha value is -2.69. The summed E-state index contributed by atoms with van der Waals surface area (Å²) in [6, 6.07) is 7.50. The number of para-hydroxylation sites is 1. The van der Waals surface area contributed by atoms with Gasteiger partial charge >= 0.3 is 11.9 Å². The molecule has 0 aromatic heterocycles. The topological polar surface area (TPSA) is 87.0 Å². The number of carboxylic acids is 2. The predicted octanol–water partition coefficient (Wildman–Crippen LogP) is 3.53. The molecule has 0 saturated carbocycles. The van der Waals surface area contributed by atoms with E-state index in [0.29, 0.717) is 19.3 Å². The maximum atomic E-state index is 10.7. The van der Waals surface area contributed by atoms with Crippen LogP contribution in [0, 0.1) is 0 Å². The Morgan fingerprint density at radius 2 is 1.74 bits per heavy atom. The van der Waals surface area contributed by atoms with Crippen LogP contribution in [0.2, 0.25) is 0 Å². The van der Waals surface area contributed by atoms with Gasteiger partial charge in [-0.3, -0.25) is 14.6 Å². The molecule has 0 amide bonds. The first-order chi connectivity index (χ1) is 11.0. The van der Waals surface area contributed by atoms with Crippen molar-refractivity contribution in [2.75, 3.05) is 0 Å². The minimum atomic E-state index is -0.830. The molecule has 1 aliphatic carbocycles. The lowest BCUT2D eigenvalue weighted by atomic mass is 9.98. The Kier molecular flexibility index (Phi) is 5.86. The number of aliphatic carboxylic acids is 2. The predicted molar refractivity (Wildman–Crippen MR) is 88.2 cm³/mol. The van der Waals surface area contributed by atoms with Gasteiger partial charge in [-0.2, -0.15) is 0 Å². The van der Waals surface area contributed by atoms with Crippen LogP contribution in [-0.2, 0) is 16.0 Å². The molecule has 1 aromatic carbocycles. The molecule has 23 heavy (non-hydrogen) atoms. The van der Waals surface area contributed by atoms with Crippen LogP contribution < -0.4 is 0 Å². The van der Waals surface area contributed by atoms with E-state index in [1.54, 1.807) is 0 Å². The minimum absolute atomic E-state index is 0.0709. The molecule has 0 radical (unpaired) electrons. The van der Waals surface area contributed by atoms with Crippen molar-refractivity contribution in [3.05, 3.63) is 53.6 Å². The summed E-state index contributed by atoms with van der Waals surface area (Å²) < 4.78 is 0. The highest BCUT2D eigenvalue weighted by Crippen LogP contribution is 2.24. The lowest BCUT2D eigenvalue weighted by molar-refractivity contribution is -0.138. The van der Waals surface area contributed by atoms with Gasteiger partial charge in [0.1, 0.15) is 0 Å². The summed E-state index contributed by atoms with van der Waals surface area (Å²) in [4.78, 5) is 26.0. The zero-order valence-electron chi connectivity index (χ0n) is 12.7. The van der Waals surface area contributed by atoms with Gasteiger partial charge in [0.2, 0.25) is 0 Å². The molecule has 0 bridgehead atoms. The highest BCUT2D eigenvalue weighted by Gasteiger charge is 2.09. The summed E-state index contributed by atoms with van der Waals surface area (Å²) in [6.45, 7) is 0. The van der Waals surface area contributed by atoms with Crippen molar-refractivity contribution in [3.8, 4) is 0 Å². The number of benzene rings is 1. The maximum Gasteiger partial charge on any atom is 0.303 e. The zero-order valence-corrected chi connectivity index (χ0v) is 12.7. The molecule has 0 heterocycles. The average Bonchev–Trinajstić information content (AvgIpc) is 2.52. The Labute approximate surface area is 134 Å². The fourth-order valence-corrected chi connectivity index (χ4v) is 2.39. The van der Waals surface area contributed by atoms with Crippen molar-refractivity contribution in [3.63, 3.8) is 0 Å². The van der Waals surface area contributed by atoms with E-state index in [1.165, 1.54) is 0 Å². The standard InChI is InChI=1S/C18H19NO4/c20-17(21)10-8-13-4-3-6-15(12-13)19-16-7-2-1-5-14(16)9-11-18(22)23/h1-7H,8-12H2,(H,20,21)(H,22,23)/b19-15-. The molecule has 0 atom stereocenters. The number of aliphatic imine (C=N–C) groups is 1. The normalized spacial score (nSPS) is 15.5. The van der Waals surface area contributed by atoms with Gasteiger partial charge in [0.15, 0.2) is 0 Å². The second-order valence-corrected chi connectivity index (χ2v) is 5.38. The molecule has 2 N–H and O–H groups in total. The van der Waals surface area contributed by atoms with Crippen LogP contribution in [0.4, 0.5) is 5.69 Å². The van der Waals surface area contributed by atoms with Gasteiger partial charge < -0.3 is 10.2 Å². The molecule has 0 unspecified atom stereocenters. The third-order valence-corrected chi connectivity index (χ3v) is 3.55. The Balaban J connectivity index is 2.10. The van der Waals surface area contributed by atoms with E-state index in [9.17, 15) is 9.59 Å². The van der Waals surface area contributed by atoms with Crippen molar-refractivity contribution in [1.29, 1.82) is 0 Å². The van der Waals surface area contributed by atoms with Crippen LogP contribution in [0.1, 0.15) is 31.2 Å². The van der Waals surface area contributed by atoms with Gasteiger partial charge in [-0.05, 0) is 30.5 Å². The summed E-state index contributed by atoms with van der Waals surface area (Å²) in [7, 11) is 0. The minimum Gasteiger partial charge on any atom is -0.481 e. The molecular formula is C18H19NO4. The second kappa shape index (κ2) is 8.08. The van der Waals surface area contributed by atoms with E-state index in [0.717, 1.165) is 22.5 Å². The van der Waals surface area contributed by atoms with Crippen molar-refractivity contribution >= 4 is 23.3 Å². The number of hydrogen-bond acceptors (Lipinski definition) is 3. The summed E-state index contributed by atoms with van der Waals surface area (Å²) >= 11 is 0. The van der Waals surface area contributed by atoms with Gasteiger partial charge in [0.05, 0.1) is 5.69 Å². The van der Waals surface area contributed by atoms with Crippen LogP contribution >= 0.6 is 0 Å². The van der Waals surface area contributed by atoms with Crippen molar-refractivity contribution < 1.29 is 19.8 Å². The zero-order chi connectivity index (χ0) is 16.7. The third kappa shape index (κ3) is 5.54. The van der Waals surface area contributed by atoms with Crippen LogP contribution in [0.25, 0.3) is 0 Å². The van der Waals surface area contributed by atoms with Crippen LogP contribution in [0.5, 0.6) is 0 Å². The number of carbonyl (C=O) groups is 2. The molecule has 0 saturated heterocycles. The summed E-state index contributed by atoms with van der Waals surface area (Å²) in [5.74, 6) is -1.64. The van der Waals surface area contributed by atoms with E-state index in [2.05, 4.69) is 4.99 Å². The average molecular weight is 313 g/mol. The third-order valence-electron chi connectivity index (χ3n) is 3.55. The monoisotopic (exact) mass is 313 g/mol. The highest BCUT2D eigenvalue weighted by molar-refractivity contribution is 5.99. The van der Waals surface area contributed by atoms with Crippen LogP contribution in [0.3, 0.4) is 0 Å². The van der Waals surface area contributed by atoms with E-state index in [1.807, 2.05) is 42.5 Å². The molecule has 120 valence electrons. The molecule has 0 spiro atoms. The summed E-state index contributed by atoms with van der Waals surface area (Å²) in [5.41, 5.74) is 3.57. The van der Waals surface area contributed by atoms with Crippen molar-refractivity contribution in [2.45, 2.75) is 32.1 Å². The summed E-state index contributed by atoms with van der Waals surface area (Å²) in [5, 5.41) is 17.6. The fraction of sp³-hybridized carbons (Fsp3) is 0.278. The smallest absolute Gasteiger partial charge is 0.303 e. The van der Waals surface area contributed by atoms with Gasteiger partial charge in [0.25, 0.3) is 0 Å². The molecular weight excluding hydrogens is 294 g/mol. The van der Waals surface area contributed by atoms with Gasteiger partial charge in [0, 0.05) is 25.0 Å². The summed E-state index contributed by atoms with van der Waals surface area (Å²) in [6.07, 6.45) is 7.46. The number of rotatable bonds is 7. The maximum absolute atomic E-state index is 10.7. The lowest BCUT2D eigenvalue weighted by Gasteiger charge is -2.11. The van der Waals surface area contributed by atoms with E-state index in [4.69, 9.17) is 10.2 Å². The number of hydrogen-bond donors (Lipinski definition) is 2. The second-order valence-electron chi connectivity index (χ2n) is 5.38. The van der Waals surface area contributed by atoms with Crippen molar-refractivity contribution in [2.24, 2.45) is 4.99 Å². The van der Waals surface area contributed by atoms with Crippen LogP contribution in [-0.4, -0.2) is 27.9 Å². The molecule has 5 nitrogen and oxygen atoms in total. The van der Waals surface area contributed by atoms with Gasteiger partial charge in [-0.15, -0.1) is 0 Å². The number of allylic oxidation sites excluding steroid dienone is 4. The first-order valence-electron chi connectivity index (χ1n) is 7.50. The Morgan fingerprint density at radius 1 is 1.04 bits per heavy atom. The van der Waals surface area contributed by atoms with Crippen LogP contribution in [0.15, 0.2) is 53.1 Å². The Bertz CT molecular complexity index is 686. The van der Waals surface area contributed by atoms with Gasteiger partial charge in [-0.25, -0.2) is 0 Å². The van der Waals surface area contributed by atoms with E-state index in [-0.39, 0.29) is 12.8 Å². The lowest BCUT2D eigenvalue weighted by Crippen LogP contribution is -2.03. The fourth-order valence-electron chi connectivity index (χ4n) is 2.39. The number of nitrogens with zero attached hydrogens (tertiary/aromatic N) is 1. The molecule has 0 aliphatic heterocycles. The Morgan fingerprint density at radius 3 is 2.48 bits per heavy atom. The van der Waals surface area contributed by atoms with E-state index < -0.39 is 11.9 Å². The first-order valence-corrected chi connectivity index (χ1v) is 7.50. The molecule has 2 rings (SSSR count). The first kappa shape index (κ1) is 16.7. The van der Waals surface area contributed by atoms with E-state index >= 15 is 0 Å². The molecule has 0 fully saturated rings. The molecule has 1 aromatic rings. The molecule has 5 heteroatoms. The number of carboxylic acid groups (broad SMARTS) is 2. The van der Waals surface area contributed by atoms with Gasteiger partial charge in [-0.1, -0.05) is 35.9 Å². The highest BCUT2D eigenvalue weighted by atomic mass is 16.4. The molecule has 1 aliphatic rings.